The molecule has 1 aliphatic rings. The van der Waals surface area contributed by atoms with Crippen LogP contribution in [-0.2, 0) is 0 Å². The fraction of sp³-hybridized carbons (Fsp3) is 0.300. The standard InChI is InChI=1S/C10H12N2/c11-7-6-9-2-1-3-10(8-12)5-4-9/h1-5,10H,6-7,11H2. The maximum atomic E-state index is 8.63. The van der Waals surface area contributed by atoms with Crippen LogP contribution in [0.4, 0.5) is 0 Å². The fourth-order valence-electron chi connectivity index (χ4n) is 1.07. The quantitative estimate of drug-likeness (QED) is 0.666. The normalized spacial score (nSPS) is 21.3. The van der Waals surface area contributed by atoms with Crippen molar-refractivity contribution in [2.24, 2.45) is 11.7 Å². The van der Waals surface area contributed by atoms with Crippen molar-refractivity contribution in [3.05, 3.63) is 36.0 Å². The maximum Gasteiger partial charge on any atom is 0.0830 e. The molecule has 62 valence electrons. The van der Waals surface area contributed by atoms with Gasteiger partial charge in [-0.2, -0.15) is 5.26 Å². The number of nitrogens with zero attached hydrogens (tertiary/aromatic N) is 1. The summed E-state index contributed by atoms with van der Waals surface area (Å²) in [6.07, 6.45) is 10.5. The zero-order valence-corrected chi connectivity index (χ0v) is 6.90. The zero-order chi connectivity index (χ0) is 8.81. The minimum Gasteiger partial charge on any atom is -0.330 e. The van der Waals surface area contributed by atoms with Crippen molar-refractivity contribution < 1.29 is 0 Å². The summed E-state index contributed by atoms with van der Waals surface area (Å²) in [5.74, 6) is -0.0866. The van der Waals surface area contributed by atoms with Crippen molar-refractivity contribution in [2.45, 2.75) is 6.42 Å². The molecule has 0 saturated carbocycles. The van der Waals surface area contributed by atoms with Crippen LogP contribution in [0.25, 0.3) is 0 Å². The molecule has 1 rings (SSSR count). The van der Waals surface area contributed by atoms with Gasteiger partial charge in [0.1, 0.15) is 0 Å². The SMILES string of the molecule is N#CC1C=CC=C(CCN)C=C1. The Kier molecular flexibility index (Phi) is 3.31. The van der Waals surface area contributed by atoms with Gasteiger partial charge in [-0.15, -0.1) is 0 Å². The van der Waals surface area contributed by atoms with E-state index in [-0.39, 0.29) is 5.92 Å². The van der Waals surface area contributed by atoms with E-state index in [2.05, 4.69) is 6.07 Å². The van der Waals surface area contributed by atoms with Crippen molar-refractivity contribution in [1.82, 2.24) is 0 Å². The predicted octanol–water partition coefficient (Wildman–Crippen LogP) is 1.53. The lowest BCUT2D eigenvalue weighted by molar-refractivity contribution is 0.971. The highest BCUT2D eigenvalue weighted by Gasteiger charge is 1.99. The van der Waals surface area contributed by atoms with E-state index in [9.17, 15) is 0 Å². The molecule has 0 fully saturated rings. The lowest BCUT2D eigenvalue weighted by Crippen LogP contribution is -1.98. The number of nitrogens with two attached hydrogens (primary N) is 1. The number of hydrogen-bond donors (Lipinski definition) is 1. The van der Waals surface area contributed by atoms with Crippen molar-refractivity contribution in [3.63, 3.8) is 0 Å². The van der Waals surface area contributed by atoms with Gasteiger partial charge in [-0.05, 0) is 18.5 Å². The van der Waals surface area contributed by atoms with E-state index in [0.29, 0.717) is 6.54 Å². The minimum absolute atomic E-state index is 0.0866. The molecule has 0 aliphatic heterocycles. The number of rotatable bonds is 2. The molecule has 0 amide bonds. The Morgan fingerprint density at radius 3 is 3.00 bits per heavy atom. The largest absolute Gasteiger partial charge is 0.330 e. The molecule has 0 saturated heterocycles. The van der Waals surface area contributed by atoms with Gasteiger partial charge in [0.25, 0.3) is 0 Å². The Hall–Kier alpha value is -1.33. The summed E-state index contributed by atoms with van der Waals surface area (Å²) >= 11 is 0. The molecule has 0 heterocycles. The zero-order valence-electron chi connectivity index (χ0n) is 6.90. The van der Waals surface area contributed by atoms with Crippen molar-refractivity contribution in [3.8, 4) is 6.07 Å². The van der Waals surface area contributed by atoms with Gasteiger partial charge in [-0.25, -0.2) is 0 Å². The Labute approximate surface area is 72.7 Å². The summed E-state index contributed by atoms with van der Waals surface area (Å²) in [5.41, 5.74) is 6.60. The third kappa shape index (κ3) is 2.37. The van der Waals surface area contributed by atoms with E-state index in [1.54, 1.807) is 0 Å². The molecular weight excluding hydrogens is 148 g/mol. The summed E-state index contributed by atoms with van der Waals surface area (Å²) in [7, 11) is 0. The molecule has 0 bridgehead atoms. The van der Waals surface area contributed by atoms with Crippen LogP contribution in [0.5, 0.6) is 0 Å². The molecule has 0 aromatic carbocycles. The van der Waals surface area contributed by atoms with Crippen LogP contribution < -0.4 is 5.73 Å². The number of hydrogen-bond acceptors (Lipinski definition) is 2. The number of nitriles is 1. The minimum atomic E-state index is -0.0866. The Bertz CT molecular complexity index is 266. The van der Waals surface area contributed by atoms with Gasteiger partial charge in [-0.3, -0.25) is 0 Å². The van der Waals surface area contributed by atoms with Gasteiger partial charge in [0, 0.05) is 0 Å². The third-order valence-corrected chi connectivity index (χ3v) is 1.73. The van der Waals surface area contributed by atoms with Gasteiger partial charge in [0.2, 0.25) is 0 Å². The highest BCUT2D eigenvalue weighted by molar-refractivity contribution is 5.31. The summed E-state index contributed by atoms with van der Waals surface area (Å²) < 4.78 is 0. The molecule has 1 atom stereocenters. The monoisotopic (exact) mass is 160 g/mol. The van der Waals surface area contributed by atoms with Crippen LogP contribution in [0, 0.1) is 17.2 Å². The van der Waals surface area contributed by atoms with Crippen LogP contribution in [0.3, 0.4) is 0 Å². The van der Waals surface area contributed by atoms with E-state index in [4.69, 9.17) is 11.0 Å². The van der Waals surface area contributed by atoms with Crippen molar-refractivity contribution in [2.75, 3.05) is 6.54 Å². The first-order chi connectivity index (χ1) is 5.86. The molecule has 1 unspecified atom stereocenters. The maximum absolute atomic E-state index is 8.63. The molecular formula is C10H12N2. The number of allylic oxidation sites excluding steroid dienone is 5. The van der Waals surface area contributed by atoms with E-state index < -0.39 is 0 Å². The van der Waals surface area contributed by atoms with Crippen molar-refractivity contribution in [1.29, 1.82) is 5.26 Å². The molecule has 0 spiro atoms. The van der Waals surface area contributed by atoms with Gasteiger partial charge < -0.3 is 5.73 Å². The van der Waals surface area contributed by atoms with E-state index >= 15 is 0 Å². The Balaban J connectivity index is 2.66. The second-order valence-electron chi connectivity index (χ2n) is 2.68. The summed E-state index contributed by atoms with van der Waals surface area (Å²) in [4.78, 5) is 0. The van der Waals surface area contributed by atoms with E-state index in [1.807, 2.05) is 30.4 Å². The lowest BCUT2D eigenvalue weighted by atomic mass is 10.1. The topological polar surface area (TPSA) is 49.8 Å². The summed E-state index contributed by atoms with van der Waals surface area (Å²) in [5, 5.41) is 8.63. The average Bonchev–Trinajstić information content (AvgIpc) is 2.31. The molecule has 0 aromatic heterocycles. The van der Waals surface area contributed by atoms with Crippen LogP contribution in [0.2, 0.25) is 0 Å². The van der Waals surface area contributed by atoms with Gasteiger partial charge in [-0.1, -0.05) is 30.4 Å². The highest BCUT2D eigenvalue weighted by atomic mass is 14.5. The lowest BCUT2D eigenvalue weighted by Gasteiger charge is -1.95. The molecule has 2 nitrogen and oxygen atoms in total. The molecule has 1 aliphatic carbocycles. The van der Waals surface area contributed by atoms with Crippen LogP contribution >= 0.6 is 0 Å². The molecule has 12 heavy (non-hydrogen) atoms. The van der Waals surface area contributed by atoms with E-state index in [0.717, 1.165) is 6.42 Å². The molecule has 2 N–H and O–H groups in total. The molecule has 2 heteroatoms. The Morgan fingerprint density at radius 2 is 2.33 bits per heavy atom. The molecule has 0 aromatic rings. The first-order valence-electron chi connectivity index (χ1n) is 4.02. The third-order valence-electron chi connectivity index (χ3n) is 1.73. The summed E-state index contributed by atoms with van der Waals surface area (Å²) in [6.45, 7) is 0.654. The summed E-state index contributed by atoms with van der Waals surface area (Å²) in [6, 6.07) is 2.17. The smallest absolute Gasteiger partial charge is 0.0830 e. The van der Waals surface area contributed by atoms with Gasteiger partial charge >= 0.3 is 0 Å². The van der Waals surface area contributed by atoms with Crippen LogP contribution in [0.15, 0.2) is 36.0 Å². The predicted molar refractivity (Wildman–Crippen MR) is 49.1 cm³/mol. The fourth-order valence-corrected chi connectivity index (χ4v) is 1.07. The first kappa shape index (κ1) is 8.76. The van der Waals surface area contributed by atoms with Gasteiger partial charge in [0.05, 0.1) is 12.0 Å². The van der Waals surface area contributed by atoms with Crippen LogP contribution in [-0.4, -0.2) is 6.54 Å². The van der Waals surface area contributed by atoms with Crippen molar-refractivity contribution >= 4 is 0 Å². The molecule has 0 radical (unpaired) electrons. The second kappa shape index (κ2) is 4.53. The average molecular weight is 160 g/mol. The van der Waals surface area contributed by atoms with E-state index in [1.165, 1.54) is 5.57 Å². The Morgan fingerprint density at radius 1 is 1.50 bits per heavy atom. The highest BCUT2D eigenvalue weighted by Crippen LogP contribution is 2.11. The van der Waals surface area contributed by atoms with Crippen LogP contribution in [0.1, 0.15) is 6.42 Å². The van der Waals surface area contributed by atoms with Gasteiger partial charge in [0.15, 0.2) is 0 Å². The second-order valence-corrected chi connectivity index (χ2v) is 2.68. The first-order valence-corrected chi connectivity index (χ1v) is 4.02.